The second-order valence-electron chi connectivity index (χ2n) is 5.28. The fourth-order valence-electron chi connectivity index (χ4n) is 2.55. The molecule has 2 rings (SSSR count). The highest BCUT2D eigenvalue weighted by atomic mass is 16.6. The van der Waals surface area contributed by atoms with Crippen molar-refractivity contribution < 1.29 is 19.7 Å². The van der Waals surface area contributed by atoms with Crippen LogP contribution in [0.1, 0.15) is 27.2 Å². The average Bonchev–Trinajstić information content (AvgIpc) is 3.11. The van der Waals surface area contributed by atoms with Gasteiger partial charge in [0.1, 0.15) is 12.2 Å². The van der Waals surface area contributed by atoms with E-state index in [-0.39, 0.29) is 12.4 Å². The lowest BCUT2D eigenvalue weighted by Crippen LogP contribution is -2.40. The predicted octanol–water partition coefficient (Wildman–Crippen LogP) is 1.29. The fraction of sp³-hybridized carbons (Fsp3) is 0.533. The second kappa shape index (κ2) is 5.04. The zero-order chi connectivity index (χ0) is 14.2. The summed E-state index contributed by atoms with van der Waals surface area (Å²) < 4.78 is 5.52. The lowest BCUT2D eigenvalue weighted by Gasteiger charge is -2.23. The Labute approximate surface area is 113 Å². The molecule has 2 N–H and O–H groups in total. The number of aliphatic hydroxyl groups is 2. The van der Waals surface area contributed by atoms with E-state index in [9.17, 15) is 15.0 Å². The van der Waals surface area contributed by atoms with Crippen molar-refractivity contribution in [3.63, 3.8) is 0 Å². The van der Waals surface area contributed by atoms with E-state index in [1.165, 1.54) is 0 Å². The van der Waals surface area contributed by atoms with Gasteiger partial charge in [-0.3, -0.25) is 4.79 Å². The summed E-state index contributed by atoms with van der Waals surface area (Å²) in [5.74, 6) is -0.137. The van der Waals surface area contributed by atoms with Crippen LogP contribution in [0.3, 0.4) is 0 Å². The van der Waals surface area contributed by atoms with Gasteiger partial charge in [0, 0.05) is 12.0 Å². The van der Waals surface area contributed by atoms with Crippen LogP contribution in [0, 0.1) is 0 Å². The highest BCUT2D eigenvalue weighted by Crippen LogP contribution is 2.50. The molecule has 2 aliphatic rings. The van der Waals surface area contributed by atoms with E-state index in [0.29, 0.717) is 17.6 Å². The third-order valence-electron chi connectivity index (χ3n) is 3.68. The van der Waals surface area contributed by atoms with Gasteiger partial charge < -0.3 is 14.9 Å². The largest absolute Gasteiger partial charge is 0.392 e. The smallest absolute Gasteiger partial charge is 0.197 e. The number of hydrogen-bond acceptors (Lipinski definition) is 4. The van der Waals surface area contributed by atoms with Crippen molar-refractivity contribution in [2.24, 2.45) is 0 Å². The standard InChI is InChI=1S/C15H20O4/c1-4-5-10-11(8-16)12(17)14-15(19-14,13(10)18)7-6-9(2)3/h4-6,12,14,16-17H,7-8H2,1-3H3/b5-4+/t12-,14-,15-/m1/s1. The number of ether oxygens (including phenoxy) is 1. The fourth-order valence-corrected chi connectivity index (χ4v) is 2.55. The van der Waals surface area contributed by atoms with Gasteiger partial charge in [-0.25, -0.2) is 0 Å². The third-order valence-corrected chi connectivity index (χ3v) is 3.68. The van der Waals surface area contributed by atoms with Crippen LogP contribution >= 0.6 is 0 Å². The molecule has 1 aliphatic heterocycles. The van der Waals surface area contributed by atoms with Gasteiger partial charge >= 0.3 is 0 Å². The number of Topliss-reactive ketones (excluding diaryl/α,β-unsaturated/α-hetero) is 1. The van der Waals surface area contributed by atoms with Crippen LogP contribution < -0.4 is 0 Å². The number of fused-ring (bicyclic) bond motifs is 1. The number of allylic oxidation sites excluding steroid dienone is 3. The summed E-state index contributed by atoms with van der Waals surface area (Å²) in [6, 6.07) is 0. The molecule has 0 aromatic heterocycles. The molecule has 0 aromatic carbocycles. The van der Waals surface area contributed by atoms with Gasteiger partial charge in [0.15, 0.2) is 11.4 Å². The number of ketones is 1. The van der Waals surface area contributed by atoms with E-state index in [1.54, 1.807) is 19.1 Å². The maximum absolute atomic E-state index is 12.5. The summed E-state index contributed by atoms with van der Waals surface area (Å²) in [4.78, 5) is 12.5. The minimum absolute atomic E-state index is 0.137. The van der Waals surface area contributed by atoms with Crippen molar-refractivity contribution in [2.75, 3.05) is 6.61 Å². The second-order valence-corrected chi connectivity index (χ2v) is 5.28. The molecule has 3 atom stereocenters. The Morgan fingerprint density at radius 1 is 1.47 bits per heavy atom. The summed E-state index contributed by atoms with van der Waals surface area (Å²) in [5, 5.41) is 19.5. The molecule has 1 saturated heterocycles. The van der Waals surface area contributed by atoms with E-state index in [2.05, 4.69) is 0 Å². The Hall–Kier alpha value is -1.23. The van der Waals surface area contributed by atoms with Gasteiger partial charge in [0.25, 0.3) is 0 Å². The van der Waals surface area contributed by atoms with Crippen LogP contribution in [-0.2, 0) is 9.53 Å². The molecule has 1 aliphatic carbocycles. The molecule has 0 saturated carbocycles. The van der Waals surface area contributed by atoms with Crippen molar-refractivity contribution in [2.45, 2.75) is 45.0 Å². The summed E-state index contributed by atoms with van der Waals surface area (Å²) in [7, 11) is 0. The molecule has 0 bridgehead atoms. The van der Waals surface area contributed by atoms with Gasteiger partial charge in [-0.1, -0.05) is 23.8 Å². The molecule has 1 fully saturated rings. The van der Waals surface area contributed by atoms with Crippen LogP contribution in [0.2, 0.25) is 0 Å². The average molecular weight is 264 g/mol. The first kappa shape index (κ1) is 14.2. The maximum Gasteiger partial charge on any atom is 0.197 e. The van der Waals surface area contributed by atoms with Gasteiger partial charge in [0.2, 0.25) is 0 Å². The zero-order valence-corrected chi connectivity index (χ0v) is 11.5. The number of aliphatic hydroxyl groups excluding tert-OH is 2. The molecule has 0 unspecified atom stereocenters. The molecule has 0 amide bonds. The molecule has 104 valence electrons. The van der Waals surface area contributed by atoms with Crippen molar-refractivity contribution in [3.8, 4) is 0 Å². The van der Waals surface area contributed by atoms with E-state index < -0.39 is 17.8 Å². The molecule has 1 heterocycles. The third kappa shape index (κ3) is 2.20. The molecule has 0 radical (unpaired) electrons. The minimum atomic E-state index is -0.926. The Kier molecular flexibility index (Phi) is 3.76. The minimum Gasteiger partial charge on any atom is -0.392 e. The molecule has 19 heavy (non-hydrogen) atoms. The SMILES string of the molecule is C/C=C/C1=C(CO)[C@@H](O)[C@H]2O[C@]2(CC=C(C)C)C1=O. The van der Waals surface area contributed by atoms with Gasteiger partial charge in [-0.05, 0) is 26.3 Å². The van der Waals surface area contributed by atoms with E-state index in [1.807, 2.05) is 19.9 Å². The number of epoxide rings is 1. The van der Waals surface area contributed by atoms with Crippen molar-refractivity contribution in [1.82, 2.24) is 0 Å². The van der Waals surface area contributed by atoms with Crippen LogP contribution in [0.15, 0.2) is 34.9 Å². The Bertz CT molecular complexity index is 482. The van der Waals surface area contributed by atoms with Crippen LogP contribution in [0.25, 0.3) is 0 Å². The molecule has 0 aromatic rings. The Balaban J connectivity index is 2.38. The quantitative estimate of drug-likeness (QED) is 0.593. The number of carbonyl (C=O) groups excluding carboxylic acids is 1. The van der Waals surface area contributed by atoms with Crippen LogP contribution in [-0.4, -0.2) is 40.4 Å². The van der Waals surface area contributed by atoms with Gasteiger partial charge in [-0.15, -0.1) is 0 Å². The first-order valence-corrected chi connectivity index (χ1v) is 6.48. The van der Waals surface area contributed by atoms with Crippen molar-refractivity contribution in [1.29, 1.82) is 0 Å². The number of rotatable bonds is 4. The first-order chi connectivity index (χ1) is 8.97. The Morgan fingerprint density at radius 3 is 2.68 bits per heavy atom. The normalized spacial score (nSPS) is 33.6. The van der Waals surface area contributed by atoms with Crippen LogP contribution in [0.5, 0.6) is 0 Å². The first-order valence-electron chi connectivity index (χ1n) is 6.48. The molecule has 4 nitrogen and oxygen atoms in total. The van der Waals surface area contributed by atoms with E-state index in [0.717, 1.165) is 5.57 Å². The topological polar surface area (TPSA) is 70.1 Å². The lowest BCUT2D eigenvalue weighted by molar-refractivity contribution is -0.120. The molecule has 4 heteroatoms. The highest BCUT2D eigenvalue weighted by molar-refractivity contribution is 6.08. The van der Waals surface area contributed by atoms with Gasteiger partial charge in [0.05, 0.1) is 6.61 Å². The number of hydrogen-bond donors (Lipinski definition) is 2. The summed E-state index contributed by atoms with van der Waals surface area (Å²) in [5.41, 5.74) is 0.923. The summed E-state index contributed by atoms with van der Waals surface area (Å²) in [6.45, 7) is 5.38. The maximum atomic E-state index is 12.5. The monoisotopic (exact) mass is 264 g/mol. The van der Waals surface area contributed by atoms with Gasteiger partial charge in [-0.2, -0.15) is 0 Å². The molecular weight excluding hydrogens is 244 g/mol. The van der Waals surface area contributed by atoms with Crippen molar-refractivity contribution in [3.05, 3.63) is 34.9 Å². The highest BCUT2D eigenvalue weighted by Gasteiger charge is 2.67. The predicted molar refractivity (Wildman–Crippen MR) is 71.6 cm³/mol. The zero-order valence-electron chi connectivity index (χ0n) is 11.5. The van der Waals surface area contributed by atoms with Crippen molar-refractivity contribution >= 4 is 5.78 Å². The lowest BCUT2D eigenvalue weighted by atomic mass is 9.79. The number of carbonyl (C=O) groups is 1. The van der Waals surface area contributed by atoms with E-state index in [4.69, 9.17) is 4.74 Å². The Morgan fingerprint density at radius 2 is 2.16 bits per heavy atom. The summed E-state index contributed by atoms with van der Waals surface area (Å²) >= 11 is 0. The van der Waals surface area contributed by atoms with Crippen LogP contribution in [0.4, 0.5) is 0 Å². The summed E-state index contributed by atoms with van der Waals surface area (Å²) in [6.07, 6.45) is 4.36. The van der Waals surface area contributed by atoms with E-state index >= 15 is 0 Å². The molecule has 0 spiro atoms. The molecular formula is C15H20O4.